The molecule has 2 N–H and O–H groups in total. The van der Waals surface area contributed by atoms with Crippen LogP contribution in [0.5, 0.6) is 11.6 Å². The van der Waals surface area contributed by atoms with E-state index in [0.717, 1.165) is 24.3 Å². The standard InChI is InChI=1S/C20H24F2N4O2/c1-23-20(25-8-9-27-18-5-4-16(21)11-17(18)22)26-12-15-6-7-24-19(10-15)28-13-14-2-3-14/h4-7,10-11,14H,2-3,8-9,12-13H2,1H3,(H2,23,25,26). The lowest BCUT2D eigenvalue weighted by atomic mass is 10.2. The smallest absolute Gasteiger partial charge is 0.213 e. The normalized spacial score (nSPS) is 13.9. The van der Waals surface area contributed by atoms with Gasteiger partial charge in [0, 0.05) is 31.9 Å². The number of hydrogen-bond donors (Lipinski definition) is 2. The van der Waals surface area contributed by atoms with E-state index in [4.69, 9.17) is 9.47 Å². The fourth-order valence-corrected chi connectivity index (χ4v) is 2.46. The third-order valence-electron chi connectivity index (χ3n) is 4.19. The highest BCUT2D eigenvalue weighted by Gasteiger charge is 2.22. The summed E-state index contributed by atoms with van der Waals surface area (Å²) in [6.45, 7) is 1.89. The van der Waals surface area contributed by atoms with Gasteiger partial charge in [-0.05, 0) is 42.5 Å². The molecule has 150 valence electrons. The maximum atomic E-state index is 13.5. The van der Waals surface area contributed by atoms with Crippen molar-refractivity contribution in [1.29, 1.82) is 0 Å². The average Bonchev–Trinajstić information content (AvgIpc) is 3.52. The number of pyridine rings is 1. The Bertz CT molecular complexity index is 813. The molecule has 0 saturated heterocycles. The number of nitrogens with zero attached hydrogens (tertiary/aromatic N) is 2. The van der Waals surface area contributed by atoms with Crippen molar-refractivity contribution in [3.63, 3.8) is 0 Å². The first-order valence-electron chi connectivity index (χ1n) is 9.24. The Morgan fingerprint density at radius 2 is 2.04 bits per heavy atom. The van der Waals surface area contributed by atoms with Crippen LogP contribution in [0.2, 0.25) is 0 Å². The lowest BCUT2D eigenvalue weighted by Crippen LogP contribution is -2.38. The topological polar surface area (TPSA) is 67.8 Å². The van der Waals surface area contributed by atoms with Crippen LogP contribution in [-0.4, -0.2) is 37.7 Å². The highest BCUT2D eigenvalue weighted by molar-refractivity contribution is 5.79. The van der Waals surface area contributed by atoms with Gasteiger partial charge in [-0.25, -0.2) is 13.8 Å². The molecular weight excluding hydrogens is 366 g/mol. The number of ether oxygens (including phenoxy) is 2. The molecule has 1 saturated carbocycles. The summed E-state index contributed by atoms with van der Waals surface area (Å²) >= 11 is 0. The number of aromatic nitrogens is 1. The van der Waals surface area contributed by atoms with E-state index in [1.807, 2.05) is 12.1 Å². The molecular formula is C20H24F2N4O2. The molecule has 0 atom stereocenters. The molecule has 8 heteroatoms. The number of halogens is 2. The Labute approximate surface area is 163 Å². The van der Waals surface area contributed by atoms with Crippen LogP contribution >= 0.6 is 0 Å². The number of guanidine groups is 1. The lowest BCUT2D eigenvalue weighted by molar-refractivity contribution is 0.288. The minimum atomic E-state index is -0.722. The van der Waals surface area contributed by atoms with Crippen molar-refractivity contribution in [3.05, 3.63) is 53.7 Å². The molecule has 0 aliphatic heterocycles. The summed E-state index contributed by atoms with van der Waals surface area (Å²) < 4.78 is 37.4. The summed E-state index contributed by atoms with van der Waals surface area (Å²) in [5.41, 5.74) is 1.02. The van der Waals surface area contributed by atoms with Crippen LogP contribution in [0.15, 0.2) is 41.5 Å². The molecule has 6 nitrogen and oxygen atoms in total. The first-order valence-corrected chi connectivity index (χ1v) is 9.24. The van der Waals surface area contributed by atoms with Crippen LogP contribution < -0.4 is 20.1 Å². The number of rotatable bonds is 9. The van der Waals surface area contributed by atoms with E-state index in [1.165, 1.54) is 18.9 Å². The van der Waals surface area contributed by atoms with Gasteiger partial charge >= 0.3 is 0 Å². The second kappa shape index (κ2) is 9.87. The molecule has 0 radical (unpaired) electrons. The summed E-state index contributed by atoms with van der Waals surface area (Å²) in [5, 5.41) is 6.26. The van der Waals surface area contributed by atoms with Gasteiger partial charge in [0.2, 0.25) is 5.88 Å². The average molecular weight is 390 g/mol. The molecule has 1 aliphatic carbocycles. The van der Waals surface area contributed by atoms with E-state index in [1.54, 1.807) is 13.2 Å². The van der Waals surface area contributed by atoms with Gasteiger partial charge in [-0.15, -0.1) is 0 Å². The number of hydrogen-bond acceptors (Lipinski definition) is 4. The van der Waals surface area contributed by atoms with Crippen LogP contribution in [0.25, 0.3) is 0 Å². The van der Waals surface area contributed by atoms with Gasteiger partial charge in [0.05, 0.1) is 13.2 Å². The van der Waals surface area contributed by atoms with Gasteiger partial charge in [0.1, 0.15) is 12.4 Å². The highest BCUT2D eigenvalue weighted by atomic mass is 19.1. The van der Waals surface area contributed by atoms with E-state index in [9.17, 15) is 8.78 Å². The SMILES string of the molecule is CN=C(NCCOc1ccc(F)cc1F)NCc1ccnc(OCC2CC2)c1. The molecule has 3 rings (SSSR count). The van der Waals surface area contributed by atoms with E-state index in [-0.39, 0.29) is 12.4 Å². The summed E-state index contributed by atoms with van der Waals surface area (Å²) in [4.78, 5) is 8.36. The molecule has 0 amide bonds. The monoisotopic (exact) mass is 390 g/mol. The molecule has 1 aromatic carbocycles. The summed E-state index contributed by atoms with van der Waals surface area (Å²) in [7, 11) is 1.66. The predicted molar refractivity (Wildman–Crippen MR) is 103 cm³/mol. The quantitative estimate of drug-likeness (QED) is 0.392. The molecule has 1 aliphatic rings. The van der Waals surface area contributed by atoms with Crippen molar-refractivity contribution in [2.75, 3.05) is 26.8 Å². The highest BCUT2D eigenvalue weighted by Crippen LogP contribution is 2.29. The fraction of sp³-hybridized carbons (Fsp3) is 0.400. The van der Waals surface area contributed by atoms with Gasteiger partial charge in [-0.3, -0.25) is 4.99 Å². The maximum absolute atomic E-state index is 13.5. The van der Waals surface area contributed by atoms with Crippen LogP contribution in [0.4, 0.5) is 8.78 Å². The number of benzene rings is 1. The Morgan fingerprint density at radius 3 is 2.79 bits per heavy atom. The molecule has 0 bridgehead atoms. The van der Waals surface area contributed by atoms with Crippen LogP contribution in [0.1, 0.15) is 18.4 Å². The number of nitrogens with one attached hydrogen (secondary N) is 2. The zero-order valence-electron chi connectivity index (χ0n) is 15.8. The Hall–Kier alpha value is -2.90. The maximum Gasteiger partial charge on any atom is 0.213 e. The van der Waals surface area contributed by atoms with Crippen LogP contribution in [0.3, 0.4) is 0 Å². The van der Waals surface area contributed by atoms with Crippen molar-refractivity contribution in [2.24, 2.45) is 10.9 Å². The van der Waals surface area contributed by atoms with Gasteiger partial charge in [0.15, 0.2) is 17.5 Å². The molecule has 2 aromatic rings. The Morgan fingerprint density at radius 1 is 1.18 bits per heavy atom. The largest absolute Gasteiger partial charge is 0.489 e. The molecule has 0 unspecified atom stereocenters. The number of aliphatic imine (C=N–C) groups is 1. The van der Waals surface area contributed by atoms with Gasteiger partial charge in [-0.2, -0.15) is 0 Å². The molecule has 1 heterocycles. The second-order valence-corrected chi connectivity index (χ2v) is 6.53. The first kappa shape index (κ1) is 19.9. The Balaban J connectivity index is 1.38. The molecule has 28 heavy (non-hydrogen) atoms. The third kappa shape index (κ3) is 6.37. The summed E-state index contributed by atoms with van der Waals surface area (Å²) in [5.74, 6) is 0.549. The van der Waals surface area contributed by atoms with E-state index in [0.29, 0.717) is 30.8 Å². The van der Waals surface area contributed by atoms with Crippen LogP contribution in [0, 0.1) is 17.6 Å². The third-order valence-corrected chi connectivity index (χ3v) is 4.19. The van der Waals surface area contributed by atoms with Crippen molar-refractivity contribution in [1.82, 2.24) is 15.6 Å². The minimum Gasteiger partial charge on any atom is -0.489 e. The minimum absolute atomic E-state index is 0.0154. The van der Waals surface area contributed by atoms with Crippen LogP contribution in [-0.2, 0) is 6.54 Å². The van der Waals surface area contributed by atoms with Crippen molar-refractivity contribution in [3.8, 4) is 11.6 Å². The van der Waals surface area contributed by atoms with Gasteiger partial charge in [0.25, 0.3) is 0 Å². The van der Waals surface area contributed by atoms with Crippen molar-refractivity contribution >= 4 is 5.96 Å². The molecule has 1 fully saturated rings. The first-order chi connectivity index (χ1) is 13.6. The van der Waals surface area contributed by atoms with Crippen molar-refractivity contribution in [2.45, 2.75) is 19.4 Å². The molecule has 1 aromatic heterocycles. The predicted octanol–water partition coefficient (Wildman–Crippen LogP) is 2.89. The fourth-order valence-electron chi connectivity index (χ4n) is 2.46. The molecule has 0 spiro atoms. The lowest BCUT2D eigenvalue weighted by Gasteiger charge is -2.13. The van der Waals surface area contributed by atoms with Gasteiger partial charge < -0.3 is 20.1 Å². The second-order valence-electron chi connectivity index (χ2n) is 6.53. The van der Waals surface area contributed by atoms with E-state index in [2.05, 4.69) is 20.6 Å². The van der Waals surface area contributed by atoms with E-state index >= 15 is 0 Å². The summed E-state index contributed by atoms with van der Waals surface area (Å²) in [6, 6.07) is 7.03. The summed E-state index contributed by atoms with van der Waals surface area (Å²) in [6.07, 6.45) is 4.20. The zero-order valence-corrected chi connectivity index (χ0v) is 15.8. The van der Waals surface area contributed by atoms with Gasteiger partial charge in [-0.1, -0.05) is 0 Å². The Kier molecular flexibility index (Phi) is 7.00. The van der Waals surface area contributed by atoms with Crippen molar-refractivity contribution < 1.29 is 18.3 Å². The zero-order chi connectivity index (χ0) is 19.8. The van der Waals surface area contributed by atoms with E-state index < -0.39 is 11.6 Å².